The van der Waals surface area contributed by atoms with Crippen molar-refractivity contribution in [3.63, 3.8) is 0 Å². The van der Waals surface area contributed by atoms with Gasteiger partial charge in [-0.25, -0.2) is 22.8 Å². The maximum absolute atomic E-state index is 12.8. The number of ether oxygens (including phenoxy) is 1. The first-order chi connectivity index (χ1) is 11.0. The van der Waals surface area contributed by atoms with Crippen LogP contribution in [0.15, 0.2) is 23.4 Å². The molecule has 0 saturated heterocycles. The summed E-state index contributed by atoms with van der Waals surface area (Å²) in [5.41, 5.74) is 0.824. The van der Waals surface area contributed by atoms with Crippen LogP contribution in [0, 0.1) is 0 Å². The Morgan fingerprint density at radius 2 is 2.26 bits per heavy atom. The van der Waals surface area contributed by atoms with Crippen molar-refractivity contribution in [3.8, 4) is 5.75 Å². The quantitative estimate of drug-likeness (QED) is 0.906. The zero-order valence-corrected chi connectivity index (χ0v) is 13.8. The van der Waals surface area contributed by atoms with E-state index in [0.717, 1.165) is 18.5 Å². The Kier molecular flexibility index (Phi) is 3.55. The standard InChI is InChI=1S/C14H15ClN4O3S/c15-10-6-9-3-5-22-13(9)12(7-10)23(20,21)18-11-2-1-4-19-14(11)16-8-17-19/h6-8,11,18H,1-5H2/t11-/m1/s1. The lowest BCUT2D eigenvalue weighted by Gasteiger charge is -2.23. The van der Waals surface area contributed by atoms with E-state index < -0.39 is 16.1 Å². The first-order valence-corrected chi connectivity index (χ1v) is 9.26. The molecule has 2 aliphatic heterocycles. The molecule has 2 aliphatic rings. The molecule has 1 atom stereocenters. The number of nitrogens with zero attached hydrogens (tertiary/aromatic N) is 3. The predicted octanol–water partition coefficient (Wildman–Crippen LogP) is 1.68. The Morgan fingerprint density at radius 3 is 3.13 bits per heavy atom. The molecule has 0 spiro atoms. The van der Waals surface area contributed by atoms with Crippen LogP contribution in [-0.2, 0) is 23.0 Å². The van der Waals surface area contributed by atoms with E-state index in [0.29, 0.717) is 36.0 Å². The number of sulfonamides is 1. The molecule has 1 aromatic heterocycles. The summed E-state index contributed by atoms with van der Waals surface area (Å²) in [6, 6.07) is 2.79. The van der Waals surface area contributed by atoms with Gasteiger partial charge in [0.2, 0.25) is 10.0 Å². The Morgan fingerprint density at radius 1 is 1.39 bits per heavy atom. The third-order valence-corrected chi connectivity index (χ3v) is 5.82. The number of nitrogens with one attached hydrogen (secondary N) is 1. The lowest BCUT2D eigenvalue weighted by molar-refractivity contribution is 0.347. The Labute approximate surface area is 138 Å². The van der Waals surface area contributed by atoms with Gasteiger partial charge in [0.1, 0.15) is 22.8 Å². The maximum atomic E-state index is 12.8. The van der Waals surface area contributed by atoms with E-state index in [4.69, 9.17) is 16.3 Å². The van der Waals surface area contributed by atoms with Crippen LogP contribution < -0.4 is 9.46 Å². The second kappa shape index (κ2) is 5.47. The van der Waals surface area contributed by atoms with Crippen LogP contribution in [0.1, 0.15) is 30.3 Å². The van der Waals surface area contributed by atoms with Crippen molar-refractivity contribution in [2.75, 3.05) is 6.61 Å². The van der Waals surface area contributed by atoms with Crippen molar-refractivity contribution in [3.05, 3.63) is 34.9 Å². The molecule has 0 aliphatic carbocycles. The monoisotopic (exact) mass is 354 g/mol. The fourth-order valence-electron chi connectivity index (χ4n) is 3.09. The van der Waals surface area contributed by atoms with Crippen LogP contribution in [-0.4, -0.2) is 29.8 Å². The zero-order chi connectivity index (χ0) is 16.0. The number of benzene rings is 1. The van der Waals surface area contributed by atoms with Crippen molar-refractivity contribution in [1.29, 1.82) is 0 Å². The summed E-state index contributed by atoms with van der Waals surface area (Å²) in [5.74, 6) is 1.04. The molecular weight excluding hydrogens is 340 g/mol. The van der Waals surface area contributed by atoms with Gasteiger partial charge in [-0.3, -0.25) is 0 Å². The molecule has 2 aromatic rings. The molecule has 9 heteroatoms. The van der Waals surface area contributed by atoms with Crippen molar-refractivity contribution >= 4 is 21.6 Å². The number of hydrogen-bond acceptors (Lipinski definition) is 5. The second-order valence-corrected chi connectivity index (χ2v) is 7.77. The molecule has 0 unspecified atom stereocenters. The summed E-state index contributed by atoms with van der Waals surface area (Å²) in [4.78, 5) is 4.27. The molecule has 0 amide bonds. The molecule has 0 radical (unpaired) electrons. The largest absolute Gasteiger partial charge is 0.492 e. The van der Waals surface area contributed by atoms with E-state index in [9.17, 15) is 8.42 Å². The van der Waals surface area contributed by atoms with Crippen LogP contribution in [0.3, 0.4) is 0 Å². The van der Waals surface area contributed by atoms with Crippen LogP contribution in [0.2, 0.25) is 5.02 Å². The average Bonchev–Trinajstić information content (AvgIpc) is 3.14. The summed E-state index contributed by atoms with van der Waals surface area (Å²) in [7, 11) is -3.77. The van der Waals surface area contributed by atoms with E-state index in [-0.39, 0.29) is 4.90 Å². The molecule has 0 bridgehead atoms. The van der Waals surface area contributed by atoms with Crippen molar-refractivity contribution in [2.45, 2.75) is 36.7 Å². The van der Waals surface area contributed by atoms with Gasteiger partial charge in [0.25, 0.3) is 0 Å². The normalized spacial score (nSPS) is 20.0. The van der Waals surface area contributed by atoms with E-state index in [2.05, 4.69) is 14.8 Å². The minimum Gasteiger partial charge on any atom is -0.492 e. The van der Waals surface area contributed by atoms with Gasteiger partial charge in [0.15, 0.2) is 0 Å². The number of halogens is 1. The second-order valence-electron chi connectivity index (χ2n) is 5.65. The highest BCUT2D eigenvalue weighted by Crippen LogP contribution is 2.36. The smallest absolute Gasteiger partial charge is 0.244 e. The summed E-state index contributed by atoms with van der Waals surface area (Å²) in [6.45, 7) is 1.22. The lowest BCUT2D eigenvalue weighted by atomic mass is 10.1. The highest BCUT2D eigenvalue weighted by Gasteiger charge is 2.31. The van der Waals surface area contributed by atoms with Gasteiger partial charge in [-0.1, -0.05) is 11.6 Å². The van der Waals surface area contributed by atoms with Gasteiger partial charge in [0.05, 0.1) is 12.6 Å². The van der Waals surface area contributed by atoms with E-state index in [1.807, 2.05) is 0 Å². The van der Waals surface area contributed by atoms with Crippen LogP contribution in [0.25, 0.3) is 0 Å². The molecule has 4 rings (SSSR count). The van der Waals surface area contributed by atoms with Gasteiger partial charge in [-0.05, 0) is 25.0 Å². The highest BCUT2D eigenvalue weighted by atomic mass is 35.5. The molecule has 0 fully saturated rings. The predicted molar refractivity (Wildman–Crippen MR) is 83.0 cm³/mol. The third kappa shape index (κ3) is 2.60. The van der Waals surface area contributed by atoms with Gasteiger partial charge in [0, 0.05) is 23.6 Å². The van der Waals surface area contributed by atoms with Crippen LogP contribution in [0.5, 0.6) is 5.75 Å². The summed E-state index contributed by atoms with van der Waals surface area (Å²) < 4.78 is 35.6. The minimum absolute atomic E-state index is 0.0918. The molecular formula is C14H15ClN4O3S. The van der Waals surface area contributed by atoms with Crippen LogP contribution in [0.4, 0.5) is 0 Å². The highest BCUT2D eigenvalue weighted by molar-refractivity contribution is 7.89. The average molecular weight is 355 g/mol. The van der Waals surface area contributed by atoms with Gasteiger partial charge in [-0.2, -0.15) is 5.10 Å². The first-order valence-electron chi connectivity index (χ1n) is 7.40. The third-order valence-electron chi connectivity index (χ3n) is 4.12. The molecule has 1 aromatic carbocycles. The fraction of sp³-hybridized carbons (Fsp3) is 0.429. The summed E-state index contributed by atoms with van der Waals surface area (Å²) in [5, 5.41) is 4.50. The summed E-state index contributed by atoms with van der Waals surface area (Å²) >= 11 is 6.07. The van der Waals surface area contributed by atoms with Gasteiger partial charge < -0.3 is 4.74 Å². The molecule has 122 valence electrons. The molecule has 0 saturated carbocycles. The first kappa shape index (κ1) is 14.9. The molecule has 3 heterocycles. The van der Waals surface area contributed by atoms with Crippen molar-refractivity contribution in [2.24, 2.45) is 0 Å². The number of aromatic nitrogens is 3. The molecule has 7 nitrogen and oxygen atoms in total. The van der Waals surface area contributed by atoms with E-state index in [1.165, 1.54) is 12.4 Å². The number of aryl methyl sites for hydroxylation is 1. The van der Waals surface area contributed by atoms with E-state index >= 15 is 0 Å². The molecule has 23 heavy (non-hydrogen) atoms. The topological polar surface area (TPSA) is 86.1 Å². The van der Waals surface area contributed by atoms with E-state index in [1.54, 1.807) is 10.7 Å². The Hall–Kier alpha value is -1.64. The van der Waals surface area contributed by atoms with Gasteiger partial charge >= 0.3 is 0 Å². The zero-order valence-electron chi connectivity index (χ0n) is 12.2. The van der Waals surface area contributed by atoms with Crippen molar-refractivity contribution < 1.29 is 13.2 Å². The van der Waals surface area contributed by atoms with Crippen molar-refractivity contribution in [1.82, 2.24) is 19.5 Å². The fourth-order valence-corrected chi connectivity index (χ4v) is 4.83. The Bertz CT molecular complexity index is 865. The van der Waals surface area contributed by atoms with Gasteiger partial charge in [-0.15, -0.1) is 0 Å². The number of hydrogen-bond donors (Lipinski definition) is 1. The SMILES string of the molecule is O=S(=O)(N[C@@H]1CCCn2ncnc21)c1cc(Cl)cc2c1OCC2. The Balaban J connectivity index is 1.71. The lowest BCUT2D eigenvalue weighted by Crippen LogP contribution is -2.33. The summed E-state index contributed by atoms with van der Waals surface area (Å²) in [6.07, 6.45) is 3.63. The van der Waals surface area contributed by atoms with Crippen LogP contribution >= 0.6 is 11.6 Å². The maximum Gasteiger partial charge on any atom is 0.244 e. The molecule has 1 N–H and O–H groups in total. The number of rotatable bonds is 3. The minimum atomic E-state index is -3.77. The number of fused-ring (bicyclic) bond motifs is 2.